The molecule has 0 fully saturated rings. The second-order valence-corrected chi connectivity index (χ2v) is 12.4. The van der Waals surface area contributed by atoms with Gasteiger partial charge in [0.25, 0.3) is 0 Å². The second-order valence-electron chi connectivity index (χ2n) is 11.5. The number of ether oxygens (including phenoxy) is 2. The van der Waals surface area contributed by atoms with Gasteiger partial charge in [0.1, 0.15) is 22.9 Å². The highest BCUT2D eigenvalue weighted by Crippen LogP contribution is 2.23. The fourth-order valence-electron chi connectivity index (χ4n) is 5.26. The molecule has 2 aromatic heterocycles. The zero-order valence-electron chi connectivity index (χ0n) is 27.5. The summed E-state index contributed by atoms with van der Waals surface area (Å²) in [6.07, 6.45) is 3.63. The van der Waals surface area contributed by atoms with Gasteiger partial charge in [-0.2, -0.15) is 10.2 Å². The zero-order valence-corrected chi connectivity index (χ0v) is 29.0. The Morgan fingerprint density at radius 2 is 0.980 bits per heavy atom. The first kappa shape index (κ1) is 35.0. The smallest absolute Gasteiger partial charge is 0.196 e. The molecule has 0 N–H and O–H groups in total. The molecule has 0 atom stereocenters. The van der Waals surface area contributed by atoms with Crippen LogP contribution in [-0.4, -0.2) is 55.9 Å². The van der Waals surface area contributed by atoms with E-state index in [1.165, 1.54) is 35.6 Å². The number of benzene rings is 4. The van der Waals surface area contributed by atoms with E-state index >= 15 is 0 Å². The summed E-state index contributed by atoms with van der Waals surface area (Å²) in [6.45, 7) is 3.45. The Bertz CT molecular complexity index is 2100. The van der Waals surface area contributed by atoms with Gasteiger partial charge in [0.05, 0.1) is 35.7 Å². The third-order valence-electron chi connectivity index (χ3n) is 7.79. The molecule has 4 aromatic carbocycles. The topological polar surface area (TPSA) is 122 Å². The van der Waals surface area contributed by atoms with Crippen molar-refractivity contribution in [1.82, 2.24) is 19.6 Å². The predicted octanol–water partition coefficient (Wildman–Crippen LogP) is 8.08. The molecule has 0 spiro atoms. The summed E-state index contributed by atoms with van der Waals surface area (Å²) < 4.78 is 14.6. The van der Waals surface area contributed by atoms with Crippen molar-refractivity contribution in [3.63, 3.8) is 0 Å². The van der Waals surface area contributed by atoms with Crippen LogP contribution < -0.4 is 9.47 Å². The number of rotatable bonds is 14. The first-order chi connectivity index (χ1) is 24.6. The Kier molecular flexibility index (Phi) is 10.5. The first-order valence-electron chi connectivity index (χ1n) is 15.9. The van der Waals surface area contributed by atoms with Crippen molar-refractivity contribution in [2.45, 2.75) is 20.3 Å². The van der Waals surface area contributed by atoms with Crippen LogP contribution in [0.25, 0.3) is 11.4 Å². The third kappa shape index (κ3) is 8.15. The van der Waals surface area contributed by atoms with Gasteiger partial charge in [-0.3, -0.25) is 19.2 Å². The zero-order chi connectivity index (χ0) is 36.1. The lowest BCUT2D eigenvalue weighted by Gasteiger charge is -2.09. The second kappa shape index (κ2) is 15.4. The molecule has 0 saturated heterocycles. The van der Waals surface area contributed by atoms with E-state index in [2.05, 4.69) is 10.2 Å². The van der Waals surface area contributed by atoms with Gasteiger partial charge in [-0.1, -0.05) is 35.3 Å². The molecule has 0 aliphatic rings. The first-order valence-corrected chi connectivity index (χ1v) is 16.6. The largest absolute Gasteiger partial charge is 0.493 e. The lowest BCUT2D eigenvalue weighted by Crippen LogP contribution is -2.08. The maximum atomic E-state index is 13.3. The predicted molar refractivity (Wildman–Crippen MR) is 193 cm³/mol. The van der Waals surface area contributed by atoms with Crippen LogP contribution in [0.2, 0.25) is 10.0 Å². The van der Waals surface area contributed by atoms with E-state index in [0.717, 1.165) is 0 Å². The van der Waals surface area contributed by atoms with Crippen molar-refractivity contribution in [3.8, 4) is 22.9 Å². The molecule has 6 rings (SSSR count). The van der Waals surface area contributed by atoms with E-state index in [-0.39, 0.29) is 45.6 Å². The summed E-state index contributed by atoms with van der Waals surface area (Å²) in [4.78, 5) is 51.3. The molecule has 10 nitrogen and oxygen atoms in total. The van der Waals surface area contributed by atoms with Crippen LogP contribution in [0.5, 0.6) is 11.5 Å². The maximum absolute atomic E-state index is 13.3. The number of halogens is 2. The van der Waals surface area contributed by atoms with Gasteiger partial charge in [-0.25, -0.2) is 9.36 Å². The minimum absolute atomic E-state index is 0.0746. The fraction of sp³-hybridized carbons (Fsp3) is 0.128. The molecule has 51 heavy (non-hydrogen) atoms. The molecule has 0 saturated carbocycles. The molecule has 0 radical (unpaired) electrons. The minimum atomic E-state index is -0.340. The Morgan fingerprint density at radius 3 is 1.33 bits per heavy atom. The minimum Gasteiger partial charge on any atom is -0.493 e. The number of hydrogen-bond acceptors (Lipinski definition) is 8. The van der Waals surface area contributed by atoms with Crippen LogP contribution in [-0.2, 0) is 0 Å². The summed E-state index contributed by atoms with van der Waals surface area (Å²) in [5, 5.41) is 9.67. The van der Waals surface area contributed by atoms with Crippen LogP contribution in [0.3, 0.4) is 0 Å². The molecule has 0 amide bonds. The van der Waals surface area contributed by atoms with Crippen LogP contribution in [0.15, 0.2) is 109 Å². The SMILES string of the molecule is CC(=O)c1nn(-c2cccc(Cl)c2)cc1C(=O)c1ccc(OCCCOc2ccc(C(=O)c3cn(-c4cccc(Cl)c4)nc3C(C)=O)cc2)cc1. The molecular weight excluding hydrogens is 691 g/mol. The maximum Gasteiger partial charge on any atom is 0.196 e. The Labute approximate surface area is 303 Å². The standard InChI is InChI=1S/C39H30Cl2N4O6/c1-24(46)36-34(22-44(42-36)30-8-3-6-28(40)20-30)38(48)26-10-14-32(15-11-26)50-18-5-19-51-33-16-12-27(13-17-33)39(49)35-23-45(43-37(35)25(2)47)31-9-4-7-29(41)21-31/h3-4,6-17,20-23H,5,18-19H2,1-2H3. The number of hydrogen-bond donors (Lipinski definition) is 0. The fourth-order valence-corrected chi connectivity index (χ4v) is 5.63. The van der Waals surface area contributed by atoms with Crippen molar-refractivity contribution in [2.75, 3.05) is 13.2 Å². The van der Waals surface area contributed by atoms with Crippen molar-refractivity contribution in [1.29, 1.82) is 0 Å². The Hall–Kier alpha value is -5.84. The number of ketones is 4. The molecule has 2 heterocycles. The van der Waals surface area contributed by atoms with Crippen LogP contribution >= 0.6 is 23.2 Å². The Balaban J connectivity index is 1.01. The average molecular weight is 722 g/mol. The van der Waals surface area contributed by atoms with Gasteiger partial charge in [-0.05, 0) is 84.9 Å². The van der Waals surface area contributed by atoms with Gasteiger partial charge in [0.2, 0.25) is 0 Å². The summed E-state index contributed by atoms with van der Waals surface area (Å²) in [6, 6.07) is 27.2. The summed E-state index contributed by atoms with van der Waals surface area (Å²) in [5.74, 6) is -0.194. The summed E-state index contributed by atoms with van der Waals surface area (Å²) in [7, 11) is 0. The number of Topliss-reactive ketones (excluding diaryl/α,β-unsaturated/α-hetero) is 2. The van der Waals surface area contributed by atoms with Crippen molar-refractivity contribution in [2.24, 2.45) is 0 Å². The molecule has 0 unspecified atom stereocenters. The quantitative estimate of drug-likeness (QED) is 0.0818. The summed E-state index contributed by atoms with van der Waals surface area (Å²) in [5.41, 5.74) is 2.55. The van der Waals surface area contributed by atoms with Crippen molar-refractivity contribution in [3.05, 3.63) is 153 Å². The average Bonchev–Trinajstić information content (AvgIpc) is 3.78. The van der Waals surface area contributed by atoms with E-state index in [4.69, 9.17) is 32.7 Å². The number of carbonyl (C=O) groups excluding carboxylic acids is 4. The number of aromatic nitrogens is 4. The third-order valence-corrected chi connectivity index (χ3v) is 8.26. The number of nitrogens with zero attached hydrogens (tertiary/aromatic N) is 4. The van der Waals surface area contributed by atoms with Gasteiger partial charge in [0, 0.05) is 53.8 Å². The highest BCUT2D eigenvalue weighted by atomic mass is 35.5. The lowest BCUT2D eigenvalue weighted by atomic mass is 10.0. The number of carbonyl (C=O) groups is 4. The van der Waals surface area contributed by atoms with E-state index < -0.39 is 0 Å². The molecule has 0 aliphatic heterocycles. The van der Waals surface area contributed by atoms with Crippen LogP contribution in [0.4, 0.5) is 0 Å². The summed E-state index contributed by atoms with van der Waals surface area (Å²) >= 11 is 12.2. The van der Waals surface area contributed by atoms with Crippen molar-refractivity contribution < 1.29 is 28.7 Å². The molecule has 6 aromatic rings. The molecule has 0 aliphatic carbocycles. The molecule has 256 valence electrons. The van der Waals surface area contributed by atoms with Gasteiger partial charge < -0.3 is 9.47 Å². The van der Waals surface area contributed by atoms with Crippen LogP contribution in [0, 0.1) is 0 Å². The monoisotopic (exact) mass is 720 g/mol. The highest BCUT2D eigenvalue weighted by Gasteiger charge is 2.23. The van der Waals surface area contributed by atoms with Gasteiger partial charge >= 0.3 is 0 Å². The van der Waals surface area contributed by atoms with Gasteiger partial charge in [0.15, 0.2) is 23.1 Å². The Morgan fingerprint density at radius 1 is 0.588 bits per heavy atom. The van der Waals surface area contributed by atoms with Crippen LogP contribution in [0.1, 0.15) is 73.1 Å². The van der Waals surface area contributed by atoms with E-state index in [1.54, 1.807) is 97.1 Å². The van der Waals surface area contributed by atoms with Crippen molar-refractivity contribution >= 4 is 46.3 Å². The highest BCUT2D eigenvalue weighted by molar-refractivity contribution is 6.31. The van der Waals surface area contributed by atoms with E-state index in [9.17, 15) is 19.2 Å². The molecule has 12 heteroatoms. The molecule has 0 bridgehead atoms. The van der Waals surface area contributed by atoms with E-state index in [0.29, 0.717) is 63.7 Å². The van der Waals surface area contributed by atoms with Gasteiger partial charge in [-0.15, -0.1) is 0 Å². The van der Waals surface area contributed by atoms with E-state index in [1.807, 2.05) is 0 Å². The lowest BCUT2D eigenvalue weighted by molar-refractivity contribution is 0.0986. The normalized spacial score (nSPS) is 10.9. The molecular formula is C39H30Cl2N4O6.